The minimum absolute atomic E-state index is 0.152. The average molecular weight is 603 g/mol. The molecule has 2 aromatic heterocycles. The Labute approximate surface area is 254 Å². The number of hydrogen-bond donors (Lipinski definition) is 4. The molecule has 1 fully saturated rings. The Kier molecular flexibility index (Phi) is 8.53. The van der Waals surface area contributed by atoms with Crippen LogP contribution in [0.4, 0.5) is 31.7 Å². The Morgan fingerprint density at radius 1 is 1.11 bits per heavy atom. The predicted octanol–water partition coefficient (Wildman–Crippen LogP) is 5.06. The number of hydrogen-bond acceptors (Lipinski definition) is 7. The van der Waals surface area contributed by atoms with Gasteiger partial charge in [0.05, 0.1) is 23.0 Å². The summed E-state index contributed by atoms with van der Waals surface area (Å²) in [6.07, 6.45) is 3.35. The van der Waals surface area contributed by atoms with Gasteiger partial charge < -0.3 is 30.5 Å². The van der Waals surface area contributed by atoms with Crippen molar-refractivity contribution in [2.24, 2.45) is 7.05 Å². The lowest BCUT2D eigenvalue weighted by atomic mass is 9.96. The second kappa shape index (κ2) is 12.2. The summed E-state index contributed by atoms with van der Waals surface area (Å²) in [5.74, 6) is -1.72. The van der Waals surface area contributed by atoms with E-state index in [1.54, 1.807) is 32.4 Å². The largest absolute Gasteiger partial charge is 0.386 e. The van der Waals surface area contributed by atoms with Crippen molar-refractivity contribution in [3.8, 4) is 11.1 Å². The smallest absolute Gasteiger partial charge is 0.274 e. The lowest BCUT2D eigenvalue weighted by molar-refractivity contribution is 0.0780. The van der Waals surface area contributed by atoms with E-state index in [-0.39, 0.29) is 22.5 Å². The van der Waals surface area contributed by atoms with Crippen molar-refractivity contribution in [2.45, 2.75) is 39.3 Å². The van der Waals surface area contributed by atoms with Crippen molar-refractivity contribution in [1.29, 1.82) is 0 Å². The summed E-state index contributed by atoms with van der Waals surface area (Å²) in [6, 6.07) is 12.0. The first-order valence-corrected chi connectivity index (χ1v) is 14.4. The Morgan fingerprint density at radius 3 is 2.55 bits per heavy atom. The van der Waals surface area contributed by atoms with Crippen LogP contribution in [0.2, 0.25) is 0 Å². The molecule has 0 unspecified atom stereocenters. The Balaban J connectivity index is 1.42. The number of rotatable bonds is 7. The van der Waals surface area contributed by atoms with Crippen molar-refractivity contribution in [3.05, 3.63) is 99.6 Å². The third-order valence-electron chi connectivity index (χ3n) is 7.88. The molecule has 1 atom stereocenters. The fourth-order valence-corrected chi connectivity index (χ4v) is 5.32. The van der Waals surface area contributed by atoms with Crippen LogP contribution in [0, 0.1) is 18.6 Å². The first-order valence-electron chi connectivity index (χ1n) is 14.4. The minimum atomic E-state index is -1.28. The molecule has 3 heterocycles. The molecule has 1 aliphatic heterocycles. The minimum Gasteiger partial charge on any atom is -0.386 e. The van der Waals surface area contributed by atoms with Gasteiger partial charge in [-0.1, -0.05) is 6.07 Å². The van der Waals surface area contributed by atoms with Gasteiger partial charge in [-0.25, -0.2) is 13.8 Å². The van der Waals surface area contributed by atoms with Crippen LogP contribution in [0.15, 0.2) is 65.7 Å². The molecule has 1 saturated heterocycles. The molecule has 5 rings (SSSR count). The molecule has 4 aromatic rings. The summed E-state index contributed by atoms with van der Waals surface area (Å²) in [5.41, 5.74) is 1.34. The van der Waals surface area contributed by atoms with Crippen LogP contribution in [0.1, 0.15) is 42.3 Å². The summed E-state index contributed by atoms with van der Waals surface area (Å²) < 4.78 is 31.1. The molecule has 44 heavy (non-hydrogen) atoms. The number of carbonyl (C=O) groups is 1. The number of nitrogens with zero attached hydrogens (tertiary/aromatic N) is 3. The monoisotopic (exact) mass is 602 g/mol. The van der Waals surface area contributed by atoms with Gasteiger partial charge in [0.15, 0.2) is 0 Å². The highest BCUT2D eigenvalue weighted by Crippen LogP contribution is 2.32. The summed E-state index contributed by atoms with van der Waals surface area (Å²) >= 11 is 0. The highest BCUT2D eigenvalue weighted by atomic mass is 19.1. The van der Waals surface area contributed by atoms with Gasteiger partial charge in [0.2, 0.25) is 0 Å². The molecule has 0 spiro atoms. The van der Waals surface area contributed by atoms with Crippen molar-refractivity contribution in [3.63, 3.8) is 0 Å². The Bertz CT molecular complexity index is 1770. The number of amides is 1. The molecule has 0 aliphatic carbocycles. The number of piperazine rings is 1. The number of pyridine rings is 2. The molecule has 1 amide bonds. The number of anilines is 4. The third-order valence-corrected chi connectivity index (χ3v) is 7.88. The predicted molar refractivity (Wildman–Crippen MR) is 169 cm³/mol. The second-order valence-electron chi connectivity index (χ2n) is 11.7. The molecular weight excluding hydrogens is 566 g/mol. The fourth-order valence-electron chi connectivity index (χ4n) is 5.32. The van der Waals surface area contributed by atoms with Crippen LogP contribution in [0.25, 0.3) is 11.1 Å². The van der Waals surface area contributed by atoms with E-state index in [2.05, 4.69) is 32.8 Å². The van der Waals surface area contributed by atoms with Crippen LogP contribution >= 0.6 is 0 Å². The topological polar surface area (TPSA) is 112 Å². The SMILES string of the molecule is Cc1c(NC(=O)c2ccc(C(C)(C)O)cc2F)cc(F)cc1-c1cc(Nc2ccc(N3CCNC[C@@H]3C)cn2)c(=O)n(C)c1. The number of aliphatic hydroxyl groups is 1. The van der Waals surface area contributed by atoms with Gasteiger partial charge in [-0.05, 0) is 86.8 Å². The van der Waals surface area contributed by atoms with E-state index >= 15 is 0 Å². The first-order chi connectivity index (χ1) is 20.8. The molecule has 0 radical (unpaired) electrons. The van der Waals surface area contributed by atoms with E-state index in [0.717, 1.165) is 37.5 Å². The van der Waals surface area contributed by atoms with E-state index in [1.165, 1.54) is 36.6 Å². The zero-order valence-corrected chi connectivity index (χ0v) is 25.3. The Hall–Kier alpha value is -4.61. The number of aromatic nitrogens is 2. The van der Waals surface area contributed by atoms with Gasteiger partial charge in [-0.15, -0.1) is 0 Å². The van der Waals surface area contributed by atoms with Gasteiger partial charge in [-0.2, -0.15) is 0 Å². The van der Waals surface area contributed by atoms with Gasteiger partial charge in [0.25, 0.3) is 11.5 Å². The summed E-state index contributed by atoms with van der Waals surface area (Å²) in [6.45, 7) is 9.53. The lowest BCUT2D eigenvalue weighted by Gasteiger charge is -2.35. The maximum atomic E-state index is 14.9. The zero-order valence-electron chi connectivity index (χ0n) is 25.3. The molecule has 2 aromatic carbocycles. The number of benzene rings is 2. The lowest BCUT2D eigenvalue weighted by Crippen LogP contribution is -2.49. The quantitative estimate of drug-likeness (QED) is 0.234. The standard InChI is InChI=1S/C33H36F2N6O3/c1-19-16-36-10-11-41(19)24-7-9-30(37-17-24)38-29-12-21(18-40(5)32(29)43)26-14-23(34)15-28(20(26)2)39-31(42)25-8-6-22(13-27(25)35)33(3,4)44/h6-9,12-15,17-19,36,44H,10-11,16H2,1-5H3,(H,37,38)(H,39,42)/t19-/m0/s1. The van der Waals surface area contributed by atoms with E-state index in [0.29, 0.717) is 34.1 Å². The molecule has 1 aliphatic rings. The number of nitrogens with one attached hydrogen (secondary N) is 3. The highest BCUT2D eigenvalue weighted by Gasteiger charge is 2.22. The Morgan fingerprint density at radius 2 is 1.89 bits per heavy atom. The van der Waals surface area contributed by atoms with Crippen molar-refractivity contribution >= 4 is 28.8 Å². The fraction of sp³-hybridized carbons (Fsp3) is 0.303. The van der Waals surface area contributed by atoms with Crippen LogP contribution in [-0.2, 0) is 12.6 Å². The summed E-state index contributed by atoms with van der Waals surface area (Å²) in [4.78, 5) is 32.8. The molecular formula is C33H36F2N6O3. The van der Waals surface area contributed by atoms with Gasteiger partial charge in [-0.3, -0.25) is 9.59 Å². The van der Waals surface area contributed by atoms with Crippen molar-refractivity contribution in [1.82, 2.24) is 14.9 Å². The van der Waals surface area contributed by atoms with Crippen LogP contribution in [-0.4, -0.2) is 46.2 Å². The van der Waals surface area contributed by atoms with E-state index in [1.807, 2.05) is 12.1 Å². The number of halogens is 2. The third kappa shape index (κ3) is 6.48. The van der Waals surface area contributed by atoms with Gasteiger partial charge >= 0.3 is 0 Å². The van der Waals surface area contributed by atoms with Gasteiger partial charge in [0.1, 0.15) is 23.1 Å². The second-order valence-corrected chi connectivity index (χ2v) is 11.7. The molecule has 4 N–H and O–H groups in total. The zero-order chi connectivity index (χ0) is 31.8. The van der Waals surface area contributed by atoms with E-state index in [9.17, 15) is 23.5 Å². The van der Waals surface area contributed by atoms with Crippen molar-refractivity contribution < 1.29 is 18.7 Å². The van der Waals surface area contributed by atoms with E-state index in [4.69, 9.17) is 0 Å². The molecule has 11 heteroatoms. The molecule has 0 saturated carbocycles. The first kappa shape index (κ1) is 30.8. The number of carbonyl (C=O) groups excluding carboxylic acids is 1. The summed E-state index contributed by atoms with van der Waals surface area (Å²) in [5, 5.41) is 19.2. The van der Waals surface area contributed by atoms with Crippen LogP contribution < -0.4 is 26.4 Å². The van der Waals surface area contributed by atoms with Crippen LogP contribution in [0.3, 0.4) is 0 Å². The van der Waals surface area contributed by atoms with Crippen molar-refractivity contribution in [2.75, 3.05) is 35.2 Å². The maximum absolute atomic E-state index is 14.9. The normalized spacial score (nSPS) is 15.3. The van der Waals surface area contributed by atoms with Crippen LogP contribution in [0.5, 0.6) is 0 Å². The maximum Gasteiger partial charge on any atom is 0.274 e. The van der Waals surface area contributed by atoms with Gasteiger partial charge in [0, 0.05) is 50.2 Å². The number of aryl methyl sites for hydroxylation is 1. The molecule has 9 nitrogen and oxygen atoms in total. The molecule has 230 valence electrons. The van der Waals surface area contributed by atoms with E-state index < -0.39 is 23.1 Å². The average Bonchev–Trinajstić information content (AvgIpc) is 2.97. The summed E-state index contributed by atoms with van der Waals surface area (Å²) in [7, 11) is 1.59. The highest BCUT2D eigenvalue weighted by molar-refractivity contribution is 6.05. The molecule has 0 bridgehead atoms.